The maximum Gasteiger partial charge on any atom is 0.124 e. The van der Waals surface area contributed by atoms with Crippen molar-refractivity contribution >= 4 is 17.4 Å². The van der Waals surface area contributed by atoms with Crippen molar-refractivity contribution < 1.29 is 9.47 Å². The number of thioether (sulfide) groups is 1. The first-order valence-electron chi connectivity index (χ1n) is 7.83. The van der Waals surface area contributed by atoms with Crippen molar-refractivity contribution in [2.75, 3.05) is 23.8 Å². The minimum atomic E-state index is 0.0678. The molecule has 0 bridgehead atoms. The molecule has 2 aliphatic rings. The third-order valence-corrected chi connectivity index (χ3v) is 5.69. The maximum absolute atomic E-state index is 6.28. The number of nitrogen functional groups attached to an aromatic ring is 1. The van der Waals surface area contributed by atoms with E-state index in [0.29, 0.717) is 0 Å². The molecule has 4 heteroatoms. The molecule has 116 valence electrons. The summed E-state index contributed by atoms with van der Waals surface area (Å²) >= 11 is 2.04. The zero-order chi connectivity index (χ0) is 14.9. The van der Waals surface area contributed by atoms with Crippen molar-refractivity contribution in [1.29, 1.82) is 0 Å². The molecule has 3 nitrogen and oxygen atoms in total. The summed E-state index contributed by atoms with van der Waals surface area (Å²) in [6, 6.07) is 4.08. The van der Waals surface area contributed by atoms with E-state index in [-0.39, 0.29) is 11.7 Å². The van der Waals surface area contributed by atoms with Gasteiger partial charge in [0.05, 0.1) is 12.2 Å². The number of ether oxygens (including phenoxy) is 2. The van der Waals surface area contributed by atoms with Gasteiger partial charge in [0.25, 0.3) is 0 Å². The summed E-state index contributed by atoms with van der Waals surface area (Å²) in [6.45, 7) is 4.94. The first kappa shape index (κ1) is 15.0. The molecule has 2 fully saturated rings. The van der Waals surface area contributed by atoms with Gasteiger partial charge in [-0.3, -0.25) is 0 Å². The van der Waals surface area contributed by atoms with Crippen LogP contribution in [0.15, 0.2) is 12.1 Å². The lowest BCUT2D eigenvalue weighted by Gasteiger charge is -2.43. The fourth-order valence-corrected chi connectivity index (χ4v) is 4.57. The molecule has 0 saturated carbocycles. The van der Waals surface area contributed by atoms with E-state index in [1.165, 1.54) is 17.1 Å². The fourth-order valence-electron chi connectivity index (χ4n) is 3.33. The van der Waals surface area contributed by atoms with Gasteiger partial charge in [-0.1, -0.05) is 6.07 Å². The number of hydrogen-bond acceptors (Lipinski definition) is 4. The van der Waals surface area contributed by atoms with Crippen LogP contribution in [-0.4, -0.2) is 29.8 Å². The lowest BCUT2D eigenvalue weighted by Crippen LogP contribution is -2.46. The largest absolute Gasteiger partial charge is 0.490 e. The first-order valence-corrected chi connectivity index (χ1v) is 8.99. The molecule has 2 aliphatic heterocycles. The van der Waals surface area contributed by atoms with Crippen LogP contribution in [0, 0.1) is 13.8 Å². The summed E-state index contributed by atoms with van der Waals surface area (Å²) in [5.74, 6) is 3.36. The highest BCUT2D eigenvalue weighted by atomic mass is 32.2. The Balaban J connectivity index is 1.71. The van der Waals surface area contributed by atoms with Gasteiger partial charge in [-0.05, 0) is 49.3 Å². The Hall–Kier alpha value is -0.870. The average molecular weight is 307 g/mol. The van der Waals surface area contributed by atoms with Crippen LogP contribution in [0.4, 0.5) is 5.69 Å². The number of hydrogen-bond donors (Lipinski definition) is 1. The minimum Gasteiger partial charge on any atom is -0.490 e. The topological polar surface area (TPSA) is 44.5 Å². The molecular formula is C17H25NO2S. The SMILES string of the molecule is Cc1cc(C)c(OC2CCOC3(CCSCC3)C2)cc1N. The summed E-state index contributed by atoms with van der Waals surface area (Å²) in [4.78, 5) is 0. The quantitative estimate of drug-likeness (QED) is 0.846. The standard InChI is InChI=1S/C17H25NO2S/c1-12-9-13(2)16(10-15(12)18)20-14-3-6-19-17(11-14)4-7-21-8-5-17/h9-10,14H,3-8,11,18H2,1-2H3. The van der Waals surface area contributed by atoms with Crippen molar-refractivity contribution in [2.45, 2.75) is 51.2 Å². The van der Waals surface area contributed by atoms with Crippen LogP contribution >= 0.6 is 11.8 Å². The molecule has 1 aromatic carbocycles. The highest BCUT2D eigenvalue weighted by Gasteiger charge is 2.39. The molecule has 0 radical (unpaired) electrons. The predicted octanol–water partition coefficient (Wildman–Crippen LogP) is 3.71. The molecule has 2 N–H and O–H groups in total. The Morgan fingerprint density at radius 1 is 1.24 bits per heavy atom. The predicted molar refractivity (Wildman–Crippen MR) is 89.2 cm³/mol. The summed E-state index contributed by atoms with van der Waals surface area (Å²) < 4.78 is 12.4. The second-order valence-electron chi connectivity index (χ2n) is 6.35. The van der Waals surface area contributed by atoms with Crippen LogP contribution < -0.4 is 10.5 Å². The molecule has 21 heavy (non-hydrogen) atoms. The van der Waals surface area contributed by atoms with E-state index < -0.39 is 0 Å². The van der Waals surface area contributed by atoms with Crippen molar-refractivity contribution in [3.05, 3.63) is 23.3 Å². The number of benzene rings is 1. The Bertz CT molecular complexity index is 506. The Labute approximate surface area is 131 Å². The van der Waals surface area contributed by atoms with Gasteiger partial charge in [0, 0.05) is 24.6 Å². The number of rotatable bonds is 2. The monoisotopic (exact) mass is 307 g/mol. The maximum atomic E-state index is 6.28. The van der Waals surface area contributed by atoms with Gasteiger partial charge in [0.15, 0.2) is 0 Å². The summed E-state index contributed by atoms with van der Waals surface area (Å²) in [6.07, 6.45) is 4.56. The third kappa shape index (κ3) is 3.32. The zero-order valence-electron chi connectivity index (χ0n) is 13.0. The highest BCUT2D eigenvalue weighted by molar-refractivity contribution is 7.99. The van der Waals surface area contributed by atoms with Crippen LogP contribution in [0.2, 0.25) is 0 Å². The molecule has 0 aliphatic carbocycles. The second-order valence-corrected chi connectivity index (χ2v) is 7.58. The van der Waals surface area contributed by atoms with Gasteiger partial charge in [-0.2, -0.15) is 11.8 Å². The molecule has 2 saturated heterocycles. The molecule has 1 atom stereocenters. The molecule has 1 unspecified atom stereocenters. The number of anilines is 1. The molecule has 2 heterocycles. The molecule has 0 aromatic heterocycles. The van der Waals surface area contributed by atoms with Crippen molar-refractivity contribution in [2.24, 2.45) is 0 Å². The van der Waals surface area contributed by atoms with Crippen molar-refractivity contribution in [3.8, 4) is 5.75 Å². The molecule has 3 rings (SSSR count). The summed E-state index contributed by atoms with van der Waals surface area (Å²) in [5.41, 5.74) is 9.19. The van der Waals surface area contributed by atoms with Gasteiger partial charge in [0.1, 0.15) is 11.9 Å². The van der Waals surface area contributed by atoms with E-state index in [1.54, 1.807) is 0 Å². The van der Waals surface area contributed by atoms with Gasteiger partial charge in [-0.15, -0.1) is 0 Å². The third-order valence-electron chi connectivity index (χ3n) is 4.71. The van der Waals surface area contributed by atoms with Crippen LogP contribution in [0.3, 0.4) is 0 Å². The first-order chi connectivity index (χ1) is 10.1. The molecule has 0 amide bonds. The summed E-state index contributed by atoms with van der Waals surface area (Å²) in [5, 5.41) is 0. The van der Waals surface area contributed by atoms with Gasteiger partial charge < -0.3 is 15.2 Å². The molecule has 1 spiro atoms. The van der Waals surface area contributed by atoms with Crippen molar-refractivity contribution in [3.63, 3.8) is 0 Å². The Morgan fingerprint density at radius 3 is 2.76 bits per heavy atom. The lowest BCUT2D eigenvalue weighted by atomic mass is 9.86. The van der Waals surface area contributed by atoms with E-state index >= 15 is 0 Å². The van der Waals surface area contributed by atoms with E-state index in [0.717, 1.165) is 49.3 Å². The Kier molecular flexibility index (Phi) is 4.36. The van der Waals surface area contributed by atoms with E-state index in [1.807, 2.05) is 24.8 Å². The second kappa shape index (κ2) is 6.09. The van der Waals surface area contributed by atoms with Gasteiger partial charge in [0.2, 0.25) is 0 Å². The van der Waals surface area contributed by atoms with Crippen LogP contribution in [0.5, 0.6) is 5.75 Å². The van der Waals surface area contributed by atoms with E-state index in [9.17, 15) is 0 Å². The average Bonchev–Trinajstić information content (AvgIpc) is 2.46. The zero-order valence-corrected chi connectivity index (χ0v) is 13.8. The van der Waals surface area contributed by atoms with Crippen LogP contribution in [0.25, 0.3) is 0 Å². The molecule has 1 aromatic rings. The normalized spacial score (nSPS) is 25.0. The number of aryl methyl sites for hydroxylation is 2. The van der Waals surface area contributed by atoms with Gasteiger partial charge >= 0.3 is 0 Å². The van der Waals surface area contributed by atoms with Crippen LogP contribution in [0.1, 0.15) is 36.8 Å². The smallest absolute Gasteiger partial charge is 0.124 e. The summed E-state index contributed by atoms with van der Waals surface area (Å²) in [7, 11) is 0. The number of nitrogens with two attached hydrogens (primary N) is 1. The molecular weight excluding hydrogens is 282 g/mol. The van der Waals surface area contributed by atoms with E-state index in [2.05, 4.69) is 13.0 Å². The highest BCUT2D eigenvalue weighted by Crippen LogP contribution is 2.39. The van der Waals surface area contributed by atoms with Crippen LogP contribution in [-0.2, 0) is 4.74 Å². The van der Waals surface area contributed by atoms with Crippen molar-refractivity contribution in [1.82, 2.24) is 0 Å². The lowest BCUT2D eigenvalue weighted by molar-refractivity contribution is -0.116. The van der Waals surface area contributed by atoms with Gasteiger partial charge in [-0.25, -0.2) is 0 Å². The Morgan fingerprint density at radius 2 is 2.00 bits per heavy atom. The van der Waals surface area contributed by atoms with E-state index in [4.69, 9.17) is 15.2 Å². The fraction of sp³-hybridized carbons (Fsp3) is 0.647. The minimum absolute atomic E-state index is 0.0678.